The Morgan fingerprint density at radius 3 is 2.26 bits per heavy atom. The summed E-state index contributed by atoms with van der Waals surface area (Å²) in [7, 11) is 0. The van der Waals surface area contributed by atoms with Crippen molar-refractivity contribution in [2.75, 3.05) is 13.1 Å². The van der Waals surface area contributed by atoms with Gasteiger partial charge in [-0.3, -0.25) is 4.79 Å². The molecular weight excluding hydrogens is 403 g/mol. The molecular formula is C25H30F3NO2. The molecule has 1 N–H and O–H groups in total. The van der Waals surface area contributed by atoms with Crippen molar-refractivity contribution in [1.29, 1.82) is 0 Å². The van der Waals surface area contributed by atoms with E-state index in [4.69, 9.17) is 0 Å². The average molecular weight is 434 g/mol. The molecule has 3 nitrogen and oxygen atoms in total. The van der Waals surface area contributed by atoms with Crippen LogP contribution in [0.25, 0.3) is 0 Å². The van der Waals surface area contributed by atoms with Gasteiger partial charge in [-0.15, -0.1) is 0 Å². The van der Waals surface area contributed by atoms with Gasteiger partial charge in [-0.1, -0.05) is 50.2 Å². The second-order valence-corrected chi connectivity index (χ2v) is 8.91. The lowest BCUT2D eigenvalue weighted by atomic mass is 9.83. The van der Waals surface area contributed by atoms with Crippen LogP contribution in [-0.2, 0) is 29.4 Å². The van der Waals surface area contributed by atoms with E-state index in [1.165, 1.54) is 17.7 Å². The smallest absolute Gasteiger partial charge is 0.385 e. The predicted octanol–water partition coefficient (Wildman–Crippen LogP) is 5.35. The van der Waals surface area contributed by atoms with Gasteiger partial charge < -0.3 is 10.0 Å². The van der Waals surface area contributed by atoms with Crippen LogP contribution in [0.4, 0.5) is 13.2 Å². The molecule has 3 rings (SSSR count). The maximum atomic E-state index is 13.0. The number of benzene rings is 2. The fourth-order valence-corrected chi connectivity index (χ4v) is 4.12. The largest absolute Gasteiger partial charge is 0.416 e. The number of aliphatic hydroxyl groups is 1. The number of alkyl halides is 3. The number of halogens is 3. The lowest BCUT2D eigenvalue weighted by Gasteiger charge is -2.38. The molecule has 168 valence electrons. The van der Waals surface area contributed by atoms with Crippen LogP contribution in [0, 0.1) is 5.92 Å². The van der Waals surface area contributed by atoms with Gasteiger partial charge >= 0.3 is 6.18 Å². The first-order valence-corrected chi connectivity index (χ1v) is 10.8. The highest BCUT2D eigenvalue weighted by molar-refractivity contribution is 5.76. The minimum absolute atomic E-state index is 0.0114. The topological polar surface area (TPSA) is 40.5 Å². The summed E-state index contributed by atoms with van der Waals surface area (Å²) in [5, 5.41) is 10.9. The van der Waals surface area contributed by atoms with Crippen molar-refractivity contribution < 1.29 is 23.1 Å². The number of likely N-dealkylation sites (tertiary alicyclic amines) is 1. The Balaban J connectivity index is 1.54. The highest BCUT2D eigenvalue weighted by Crippen LogP contribution is 2.36. The molecule has 1 amide bonds. The normalized spacial score (nSPS) is 16.5. The molecule has 31 heavy (non-hydrogen) atoms. The zero-order valence-corrected chi connectivity index (χ0v) is 18.1. The Kier molecular flexibility index (Phi) is 7.10. The minimum Gasteiger partial charge on any atom is -0.385 e. The van der Waals surface area contributed by atoms with Gasteiger partial charge in [0.25, 0.3) is 0 Å². The number of carbonyl (C=O) groups excluding carboxylic acids is 1. The second-order valence-electron chi connectivity index (χ2n) is 8.91. The molecule has 0 saturated carbocycles. The summed E-state index contributed by atoms with van der Waals surface area (Å²) in [5.74, 6) is 0.610. The lowest BCUT2D eigenvalue weighted by Crippen LogP contribution is -2.45. The molecule has 2 aromatic carbocycles. The third kappa shape index (κ3) is 6.10. The van der Waals surface area contributed by atoms with Gasteiger partial charge in [0.05, 0.1) is 11.2 Å². The first-order chi connectivity index (χ1) is 14.6. The number of aryl methyl sites for hydroxylation is 1. The Morgan fingerprint density at radius 1 is 1.06 bits per heavy atom. The van der Waals surface area contributed by atoms with Crippen molar-refractivity contribution in [1.82, 2.24) is 4.90 Å². The van der Waals surface area contributed by atoms with Crippen LogP contribution in [0.2, 0.25) is 0 Å². The fraction of sp³-hybridized carbons (Fsp3) is 0.480. The first kappa shape index (κ1) is 23.3. The number of nitrogens with zero attached hydrogens (tertiary/aromatic N) is 1. The van der Waals surface area contributed by atoms with Crippen LogP contribution in [0.5, 0.6) is 0 Å². The SMILES string of the molecule is CC(C)Cc1ccc(CCC(=O)N2CCC(O)(c3cccc(C(F)(F)F)c3)CC2)cc1. The van der Waals surface area contributed by atoms with Crippen LogP contribution < -0.4 is 0 Å². The molecule has 0 atom stereocenters. The molecule has 1 fully saturated rings. The van der Waals surface area contributed by atoms with E-state index in [9.17, 15) is 23.1 Å². The van der Waals surface area contributed by atoms with Gasteiger partial charge in [0.2, 0.25) is 5.91 Å². The van der Waals surface area contributed by atoms with Crippen molar-refractivity contribution in [3.05, 3.63) is 70.8 Å². The van der Waals surface area contributed by atoms with Crippen molar-refractivity contribution in [3.8, 4) is 0 Å². The van der Waals surface area contributed by atoms with E-state index in [2.05, 4.69) is 38.1 Å². The molecule has 0 aliphatic carbocycles. The highest BCUT2D eigenvalue weighted by Gasteiger charge is 2.37. The minimum atomic E-state index is -4.45. The molecule has 0 spiro atoms. The predicted molar refractivity (Wildman–Crippen MR) is 114 cm³/mol. The van der Waals surface area contributed by atoms with Gasteiger partial charge in [0, 0.05) is 19.5 Å². The Hall–Kier alpha value is -2.34. The standard InChI is InChI=1S/C25H30F3NO2/c1-18(2)16-20-8-6-19(7-9-20)10-11-23(30)29-14-12-24(31,13-15-29)21-4-3-5-22(17-21)25(26,27)28/h3-9,17-18,31H,10-16H2,1-2H3. The zero-order chi connectivity index (χ0) is 22.6. The number of piperidine rings is 1. The summed E-state index contributed by atoms with van der Waals surface area (Å²) in [6.07, 6.45) is -1.94. The summed E-state index contributed by atoms with van der Waals surface area (Å²) < 4.78 is 39.0. The highest BCUT2D eigenvalue weighted by atomic mass is 19.4. The third-order valence-electron chi connectivity index (χ3n) is 5.97. The Morgan fingerprint density at radius 2 is 1.68 bits per heavy atom. The monoisotopic (exact) mass is 433 g/mol. The maximum absolute atomic E-state index is 13.0. The average Bonchev–Trinajstić information content (AvgIpc) is 2.73. The molecule has 0 radical (unpaired) electrons. The molecule has 0 bridgehead atoms. The van der Waals surface area contributed by atoms with Gasteiger partial charge in [0.15, 0.2) is 0 Å². The van der Waals surface area contributed by atoms with Gasteiger partial charge in [-0.05, 0) is 60.4 Å². The van der Waals surface area contributed by atoms with E-state index in [0.717, 1.165) is 24.1 Å². The Bertz CT molecular complexity index is 882. The molecule has 1 heterocycles. The molecule has 6 heteroatoms. The van der Waals surface area contributed by atoms with Crippen LogP contribution in [0.15, 0.2) is 48.5 Å². The van der Waals surface area contributed by atoms with Crippen molar-refractivity contribution in [3.63, 3.8) is 0 Å². The van der Waals surface area contributed by atoms with Crippen LogP contribution in [-0.4, -0.2) is 29.0 Å². The zero-order valence-electron chi connectivity index (χ0n) is 18.1. The summed E-state index contributed by atoms with van der Waals surface area (Å²) in [6.45, 7) is 5.02. The van der Waals surface area contributed by atoms with E-state index < -0.39 is 17.3 Å². The second kappa shape index (κ2) is 9.43. The first-order valence-electron chi connectivity index (χ1n) is 10.8. The number of rotatable bonds is 6. The molecule has 1 aliphatic heterocycles. The van der Waals surface area contributed by atoms with E-state index in [1.54, 1.807) is 4.90 Å². The summed E-state index contributed by atoms with van der Waals surface area (Å²) in [5.41, 5.74) is 0.546. The maximum Gasteiger partial charge on any atom is 0.416 e. The van der Waals surface area contributed by atoms with E-state index in [1.807, 2.05) is 0 Å². The number of carbonyl (C=O) groups is 1. The molecule has 1 saturated heterocycles. The Labute approximate surface area is 181 Å². The lowest BCUT2D eigenvalue weighted by molar-refractivity contribution is -0.137. The molecule has 0 unspecified atom stereocenters. The number of hydrogen-bond donors (Lipinski definition) is 1. The van der Waals surface area contributed by atoms with Crippen molar-refractivity contribution in [2.24, 2.45) is 5.92 Å². The van der Waals surface area contributed by atoms with Crippen LogP contribution in [0.3, 0.4) is 0 Å². The van der Waals surface area contributed by atoms with Gasteiger partial charge in [-0.2, -0.15) is 13.2 Å². The molecule has 1 aliphatic rings. The summed E-state index contributed by atoms with van der Waals surface area (Å²) in [6, 6.07) is 13.2. The van der Waals surface area contributed by atoms with E-state index in [0.29, 0.717) is 31.8 Å². The summed E-state index contributed by atoms with van der Waals surface area (Å²) >= 11 is 0. The third-order valence-corrected chi connectivity index (χ3v) is 5.97. The van der Waals surface area contributed by atoms with Gasteiger partial charge in [-0.25, -0.2) is 0 Å². The quantitative estimate of drug-likeness (QED) is 0.668. The summed E-state index contributed by atoms with van der Waals surface area (Å²) in [4.78, 5) is 14.3. The van der Waals surface area contributed by atoms with E-state index >= 15 is 0 Å². The number of amides is 1. The molecule has 0 aromatic heterocycles. The number of hydrogen-bond acceptors (Lipinski definition) is 2. The van der Waals surface area contributed by atoms with Crippen LogP contribution in [0.1, 0.15) is 55.4 Å². The van der Waals surface area contributed by atoms with E-state index in [-0.39, 0.29) is 24.3 Å². The molecule has 2 aromatic rings. The van der Waals surface area contributed by atoms with Crippen molar-refractivity contribution in [2.45, 2.75) is 57.7 Å². The van der Waals surface area contributed by atoms with Crippen LogP contribution >= 0.6 is 0 Å². The fourth-order valence-electron chi connectivity index (χ4n) is 4.12. The van der Waals surface area contributed by atoms with Crippen molar-refractivity contribution >= 4 is 5.91 Å². The van der Waals surface area contributed by atoms with Gasteiger partial charge in [0.1, 0.15) is 0 Å².